The Morgan fingerprint density at radius 1 is 0.879 bits per heavy atom. The molecule has 0 aliphatic carbocycles. The number of esters is 2. The Morgan fingerprint density at radius 3 is 2.12 bits per heavy atom. The molecule has 0 aliphatic rings. The van der Waals surface area contributed by atoms with Crippen LogP contribution in [-0.4, -0.2) is 32.4 Å². The van der Waals surface area contributed by atoms with Crippen LogP contribution in [0.2, 0.25) is 0 Å². The highest BCUT2D eigenvalue weighted by Crippen LogP contribution is 2.38. The molecule has 0 aromatic heterocycles. The summed E-state index contributed by atoms with van der Waals surface area (Å²) in [7, 11) is 1.45. The maximum Gasteiger partial charge on any atom is 0.344 e. The number of aryl methyl sites for hydroxylation is 1. The third-order valence-electron chi connectivity index (χ3n) is 5.88. The first kappa shape index (κ1) is 26.9. The van der Waals surface area contributed by atoms with Crippen LogP contribution in [0.5, 0.6) is 11.5 Å². The molecule has 0 fully saturated rings. The van der Waals surface area contributed by atoms with Crippen LogP contribution in [-0.2, 0) is 9.47 Å². The van der Waals surface area contributed by atoms with Crippen LogP contribution < -0.4 is 9.47 Å². The number of benzene rings is 2. The minimum atomic E-state index is -0.508. The summed E-state index contributed by atoms with van der Waals surface area (Å²) in [6, 6.07) is 1.89. The van der Waals surface area contributed by atoms with Gasteiger partial charge >= 0.3 is 11.9 Å². The summed E-state index contributed by atoms with van der Waals surface area (Å²) in [6.07, 6.45) is 2.03. The van der Waals surface area contributed by atoms with Gasteiger partial charge in [0.15, 0.2) is 6.79 Å². The van der Waals surface area contributed by atoms with Crippen LogP contribution in [0.25, 0.3) is 0 Å². The molecule has 0 amide bonds. The normalized spacial score (nSPS) is 10.8. The standard InChI is InChI=1S/C26H33BrO6/c1-9-10-11-31-20-12-14(2)21(16(4)15(20)3)26(29)33-24-18(6)17(5)22(23(27)19(24)7)25(28)32-13-30-8/h12H,9-11,13H2,1-8H3. The van der Waals surface area contributed by atoms with Gasteiger partial charge in [0.25, 0.3) is 0 Å². The molecular formula is C26H33BrO6. The van der Waals surface area contributed by atoms with E-state index in [1.165, 1.54) is 7.11 Å². The molecule has 0 N–H and O–H groups in total. The van der Waals surface area contributed by atoms with Gasteiger partial charge in [-0.2, -0.15) is 0 Å². The number of hydrogen-bond acceptors (Lipinski definition) is 6. The molecule has 0 atom stereocenters. The predicted octanol–water partition coefficient (Wildman–Crippen LogP) is 6.46. The fourth-order valence-electron chi connectivity index (χ4n) is 3.65. The molecule has 0 radical (unpaired) electrons. The quantitative estimate of drug-likeness (QED) is 0.163. The van der Waals surface area contributed by atoms with Gasteiger partial charge in [-0.3, -0.25) is 0 Å². The van der Waals surface area contributed by atoms with Crippen molar-refractivity contribution in [3.63, 3.8) is 0 Å². The summed E-state index contributed by atoms with van der Waals surface area (Å²) in [5.41, 5.74) is 5.46. The van der Waals surface area contributed by atoms with Crippen molar-refractivity contribution in [1.29, 1.82) is 0 Å². The van der Waals surface area contributed by atoms with Crippen molar-refractivity contribution in [2.45, 2.75) is 61.3 Å². The first-order chi connectivity index (χ1) is 15.6. The van der Waals surface area contributed by atoms with Crippen LogP contribution in [0, 0.1) is 41.5 Å². The second-order valence-corrected chi connectivity index (χ2v) is 8.93. The van der Waals surface area contributed by atoms with Gasteiger partial charge < -0.3 is 18.9 Å². The molecule has 0 bridgehead atoms. The van der Waals surface area contributed by atoms with Crippen LogP contribution in [0.15, 0.2) is 10.5 Å². The fraction of sp³-hybridized carbons (Fsp3) is 0.462. The molecule has 7 heteroatoms. The van der Waals surface area contributed by atoms with E-state index in [-0.39, 0.29) is 6.79 Å². The molecular weight excluding hydrogens is 488 g/mol. The molecule has 0 heterocycles. The second kappa shape index (κ2) is 11.7. The van der Waals surface area contributed by atoms with Crippen molar-refractivity contribution >= 4 is 27.9 Å². The maximum atomic E-state index is 13.3. The Balaban J connectivity index is 2.43. The summed E-state index contributed by atoms with van der Waals surface area (Å²) in [6.45, 7) is 13.8. The molecule has 180 valence electrons. The van der Waals surface area contributed by atoms with Crippen molar-refractivity contribution in [2.24, 2.45) is 0 Å². The van der Waals surface area contributed by atoms with Crippen molar-refractivity contribution in [3.05, 3.63) is 55.0 Å². The third kappa shape index (κ3) is 5.76. The van der Waals surface area contributed by atoms with Crippen molar-refractivity contribution in [2.75, 3.05) is 20.5 Å². The number of carbonyl (C=O) groups is 2. The average Bonchev–Trinajstić information content (AvgIpc) is 2.77. The van der Waals surface area contributed by atoms with Crippen LogP contribution in [0.1, 0.15) is 73.9 Å². The third-order valence-corrected chi connectivity index (χ3v) is 6.87. The Hall–Kier alpha value is -2.38. The average molecular weight is 521 g/mol. The largest absolute Gasteiger partial charge is 0.493 e. The highest BCUT2D eigenvalue weighted by Gasteiger charge is 2.26. The molecule has 0 saturated carbocycles. The number of methoxy groups -OCH3 is 1. The molecule has 0 aliphatic heterocycles. The number of unbranched alkanes of at least 4 members (excludes halogenated alkanes) is 1. The van der Waals surface area contributed by atoms with E-state index < -0.39 is 11.9 Å². The van der Waals surface area contributed by atoms with Gasteiger partial charge in [0.2, 0.25) is 0 Å². The van der Waals surface area contributed by atoms with Crippen LogP contribution >= 0.6 is 15.9 Å². The zero-order valence-electron chi connectivity index (χ0n) is 20.7. The first-order valence-electron chi connectivity index (χ1n) is 11.0. The van der Waals surface area contributed by atoms with E-state index in [0.29, 0.717) is 44.6 Å². The topological polar surface area (TPSA) is 71.1 Å². The van der Waals surface area contributed by atoms with Gasteiger partial charge in [0, 0.05) is 17.1 Å². The monoisotopic (exact) mass is 520 g/mol. The number of halogens is 1. The van der Waals surface area contributed by atoms with E-state index in [4.69, 9.17) is 18.9 Å². The van der Waals surface area contributed by atoms with Gasteiger partial charge in [0.1, 0.15) is 11.5 Å². The van der Waals surface area contributed by atoms with E-state index >= 15 is 0 Å². The van der Waals surface area contributed by atoms with Crippen LogP contribution in [0.3, 0.4) is 0 Å². The molecule has 2 rings (SSSR count). The number of rotatable bonds is 9. The predicted molar refractivity (Wildman–Crippen MR) is 132 cm³/mol. The Bertz CT molecular complexity index is 1030. The maximum absolute atomic E-state index is 13.3. The summed E-state index contributed by atoms with van der Waals surface area (Å²) < 4.78 is 22.3. The SMILES string of the molecule is CCCCOc1cc(C)c(C(=O)Oc2c(C)c(C)c(C(=O)OCOC)c(Br)c2C)c(C)c1C. The van der Waals surface area contributed by atoms with E-state index in [9.17, 15) is 9.59 Å². The van der Waals surface area contributed by atoms with E-state index in [1.807, 2.05) is 33.8 Å². The van der Waals surface area contributed by atoms with Gasteiger partial charge in [-0.15, -0.1) is 0 Å². The highest BCUT2D eigenvalue weighted by molar-refractivity contribution is 9.10. The Labute approximate surface area is 204 Å². The zero-order valence-corrected chi connectivity index (χ0v) is 22.3. The smallest absolute Gasteiger partial charge is 0.344 e. The molecule has 33 heavy (non-hydrogen) atoms. The van der Waals surface area contributed by atoms with Gasteiger partial charge in [0.05, 0.1) is 17.7 Å². The lowest BCUT2D eigenvalue weighted by atomic mass is 9.96. The fourth-order valence-corrected chi connectivity index (χ4v) is 4.29. The summed E-state index contributed by atoms with van der Waals surface area (Å²) in [5, 5.41) is 0. The minimum absolute atomic E-state index is 0.143. The summed E-state index contributed by atoms with van der Waals surface area (Å²) in [4.78, 5) is 25.8. The molecule has 2 aromatic carbocycles. The lowest BCUT2D eigenvalue weighted by Gasteiger charge is -2.20. The number of carbonyl (C=O) groups excluding carboxylic acids is 2. The highest BCUT2D eigenvalue weighted by atomic mass is 79.9. The van der Waals surface area contributed by atoms with E-state index in [0.717, 1.165) is 35.3 Å². The molecule has 6 nitrogen and oxygen atoms in total. The zero-order chi connectivity index (χ0) is 24.9. The van der Waals surface area contributed by atoms with Crippen LogP contribution in [0.4, 0.5) is 0 Å². The number of ether oxygens (including phenoxy) is 4. The molecule has 0 unspecified atom stereocenters. The molecule has 0 saturated heterocycles. The van der Waals surface area contributed by atoms with Gasteiger partial charge in [-0.1, -0.05) is 13.3 Å². The van der Waals surface area contributed by atoms with E-state index in [2.05, 4.69) is 22.9 Å². The van der Waals surface area contributed by atoms with Crippen molar-refractivity contribution in [1.82, 2.24) is 0 Å². The lowest BCUT2D eigenvalue weighted by molar-refractivity contribution is -0.0126. The van der Waals surface area contributed by atoms with Gasteiger partial charge in [-0.05, 0) is 97.8 Å². The Morgan fingerprint density at radius 2 is 1.52 bits per heavy atom. The Kier molecular flexibility index (Phi) is 9.49. The summed E-state index contributed by atoms with van der Waals surface area (Å²) >= 11 is 3.49. The number of hydrogen-bond donors (Lipinski definition) is 0. The lowest BCUT2D eigenvalue weighted by Crippen LogP contribution is -2.17. The minimum Gasteiger partial charge on any atom is -0.493 e. The first-order valence-corrected chi connectivity index (χ1v) is 11.8. The molecule has 2 aromatic rings. The van der Waals surface area contributed by atoms with Gasteiger partial charge in [-0.25, -0.2) is 9.59 Å². The van der Waals surface area contributed by atoms with Crippen molar-refractivity contribution < 1.29 is 28.5 Å². The molecule has 0 spiro atoms. The van der Waals surface area contributed by atoms with E-state index in [1.54, 1.807) is 13.8 Å². The second-order valence-electron chi connectivity index (χ2n) is 8.14. The van der Waals surface area contributed by atoms with Crippen molar-refractivity contribution in [3.8, 4) is 11.5 Å². The summed E-state index contributed by atoms with van der Waals surface area (Å²) in [5.74, 6) is 0.263.